The van der Waals surface area contributed by atoms with E-state index in [-0.39, 0.29) is 0 Å². The molecule has 3 heterocycles. The molecule has 2 N–H and O–H groups in total. The molecule has 0 amide bonds. The summed E-state index contributed by atoms with van der Waals surface area (Å²) in [5.74, 6) is 0.308. The highest BCUT2D eigenvalue weighted by molar-refractivity contribution is 7.84. The van der Waals surface area contributed by atoms with Gasteiger partial charge in [-0.05, 0) is 24.3 Å². The molecule has 0 aliphatic rings. The summed E-state index contributed by atoms with van der Waals surface area (Å²) in [5.41, 5.74) is 7.81. The number of pyridine rings is 2. The van der Waals surface area contributed by atoms with E-state index >= 15 is 0 Å². The van der Waals surface area contributed by atoms with E-state index in [1.165, 1.54) is 0 Å². The molecule has 0 aliphatic carbocycles. The smallest absolute Gasteiger partial charge is 0.150 e. The molecule has 0 saturated heterocycles. The molecule has 0 radical (unpaired) electrons. The van der Waals surface area contributed by atoms with Crippen LogP contribution in [-0.2, 0) is 16.6 Å². The van der Waals surface area contributed by atoms with E-state index in [2.05, 4.69) is 9.97 Å². The van der Waals surface area contributed by atoms with Crippen molar-refractivity contribution in [2.75, 3.05) is 5.73 Å². The van der Waals surface area contributed by atoms with Crippen molar-refractivity contribution in [2.45, 2.75) is 10.8 Å². The van der Waals surface area contributed by atoms with Crippen molar-refractivity contribution >= 4 is 22.1 Å². The first-order valence-corrected chi connectivity index (χ1v) is 7.07. The van der Waals surface area contributed by atoms with E-state index in [9.17, 15) is 4.21 Å². The molecule has 5 nitrogen and oxygen atoms in total. The van der Waals surface area contributed by atoms with Gasteiger partial charge in [-0.3, -0.25) is 4.21 Å². The Kier molecular flexibility index (Phi) is 3.00. The van der Waals surface area contributed by atoms with Crippen molar-refractivity contribution in [3.8, 4) is 0 Å². The molecule has 3 rings (SSSR count). The molecule has 19 heavy (non-hydrogen) atoms. The molecule has 96 valence electrons. The van der Waals surface area contributed by atoms with Crippen LogP contribution in [0.3, 0.4) is 0 Å². The fraction of sp³-hybridized carbons (Fsp3) is 0.0769. The van der Waals surface area contributed by atoms with Gasteiger partial charge in [0.05, 0.1) is 27.9 Å². The van der Waals surface area contributed by atoms with E-state index in [4.69, 9.17) is 5.73 Å². The summed E-state index contributed by atoms with van der Waals surface area (Å²) in [6.07, 6.45) is 5.36. The summed E-state index contributed by atoms with van der Waals surface area (Å²) < 4.78 is 14.1. The maximum absolute atomic E-state index is 12.2. The van der Waals surface area contributed by atoms with Crippen molar-refractivity contribution in [1.29, 1.82) is 0 Å². The minimum Gasteiger partial charge on any atom is -0.396 e. The zero-order chi connectivity index (χ0) is 13.2. The lowest BCUT2D eigenvalue weighted by atomic mass is 10.4. The molecular weight excluding hydrogens is 260 g/mol. The maximum atomic E-state index is 12.2. The van der Waals surface area contributed by atoms with Crippen LogP contribution in [0.15, 0.2) is 53.9 Å². The second kappa shape index (κ2) is 4.81. The third-order valence-electron chi connectivity index (χ3n) is 2.71. The average Bonchev–Trinajstić information content (AvgIpc) is 2.81. The Balaban J connectivity index is 1.89. The molecule has 1 unspecified atom stereocenters. The molecule has 3 aromatic heterocycles. The number of aromatic nitrogens is 3. The Hall–Kier alpha value is -2.21. The molecule has 3 aromatic rings. The van der Waals surface area contributed by atoms with Gasteiger partial charge >= 0.3 is 0 Å². The first kappa shape index (κ1) is 11.9. The molecule has 0 spiro atoms. The van der Waals surface area contributed by atoms with Crippen LogP contribution in [0, 0.1) is 0 Å². The maximum Gasteiger partial charge on any atom is 0.150 e. The van der Waals surface area contributed by atoms with Crippen LogP contribution in [0.2, 0.25) is 0 Å². The van der Waals surface area contributed by atoms with Crippen LogP contribution in [-0.4, -0.2) is 18.6 Å². The first-order valence-electron chi connectivity index (χ1n) is 5.75. The van der Waals surface area contributed by atoms with Crippen LogP contribution >= 0.6 is 0 Å². The molecule has 0 aliphatic heterocycles. The highest BCUT2D eigenvalue weighted by Crippen LogP contribution is 2.16. The summed E-state index contributed by atoms with van der Waals surface area (Å²) in [7, 11) is -1.28. The fourth-order valence-electron chi connectivity index (χ4n) is 1.85. The molecule has 0 bridgehead atoms. The molecule has 1 atom stereocenters. The highest BCUT2D eigenvalue weighted by atomic mass is 32.2. The van der Waals surface area contributed by atoms with Crippen LogP contribution in [0.1, 0.15) is 5.69 Å². The van der Waals surface area contributed by atoms with E-state index in [1.54, 1.807) is 18.3 Å². The normalized spacial score (nSPS) is 12.6. The third-order valence-corrected chi connectivity index (χ3v) is 4.04. The van der Waals surface area contributed by atoms with E-state index in [0.29, 0.717) is 16.5 Å². The van der Waals surface area contributed by atoms with Gasteiger partial charge in [0.1, 0.15) is 10.7 Å². The molecule has 0 saturated carbocycles. The number of nitrogen functional groups attached to an aromatic ring is 1. The van der Waals surface area contributed by atoms with Gasteiger partial charge in [-0.25, -0.2) is 9.97 Å². The number of anilines is 1. The van der Waals surface area contributed by atoms with Gasteiger partial charge in [0.25, 0.3) is 0 Å². The second-order valence-electron chi connectivity index (χ2n) is 4.09. The lowest BCUT2D eigenvalue weighted by Gasteiger charge is -2.02. The minimum atomic E-state index is -1.28. The van der Waals surface area contributed by atoms with E-state index < -0.39 is 10.8 Å². The number of hydrogen-bond acceptors (Lipinski definition) is 4. The lowest BCUT2D eigenvalue weighted by molar-refractivity contribution is 0.680. The van der Waals surface area contributed by atoms with Crippen LogP contribution in [0.4, 0.5) is 5.69 Å². The van der Waals surface area contributed by atoms with Crippen molar-refractivity contribution in [2.24, 2.45) is 0 Å². The van der Waals surface area contributed by atoms with Gasteiger partial charge in [0.2, 0.25) is 0 Å². The number of fused-ring (bicyclic) bond motifs is 1. The van der Waals surface area contributed by atoms with E-state index in [1.807, 2.05) is 35.0 Å². The first-order chi connectivity index (χ1) is 9.24. The fourth-order valence-corrected chi connectivity index (χ4v) is 2.91. The monoisotopic (exact) mass is 272 g/mol. The SMILES string of the molecule is Nc1cccnc1S(=O)Cc1cn2ccccc2n1. The summed E-state index contributed by atoms with van der Waals surface area (Å²) in [4.78, 5) is 8.48. The summed E-state index contributed by atoms with van der Waals surface area (Å²) >= 11 is 0. The van der Waals surface area contributed by atoms with E-state index in [0.717, 1.165) is 11.3 Å². The summed E-state index contributed by atoms with van der Waals surface area (Å²) in [5, 5.41) is 0.416. The van der Waals surface area contributed by atoms with Gasteiger partial charge in [-0.15, -0.1) is 0 Å². The summed E-state index contributed by atoms with van der Waals surface area (Å²) in [6, 6.07) is 9.17. The van der Waals surface area contributed by atoms with Crippen molar-refractivity contribution in [3.63, 3.8) is 0 Å². The number of rotatable bonds is 3. The van der Waals surface area contributed by atoms with Gasteiger partial charge in [-0.2, -0.15) is 0 Å². The number of nitrogens with zero attached hydrogens (tertiary/aromatic N) is 3. The number of nitrogens with two attached hydrogens (primary N) is 1. The van der Waals surface area contributed by atoms with Crippen molar-refractivity contribution < 1.29 is 4.21 Å². The zero-order valence-corrected chi connectivity index (χ0v) is 10.9. The van der Waals surface area contributed by atoms with Crippen molar-refractivity contribution in [3.05, 3.63) is 54.6 Å². The van der Waals surface area contributed by atoms with Crippen LogP contribution < -0.4 is 5.73 Å². The largest absolute Gasteiger partial charge is 0.396 e. The highest BCUT2D eigenvalue weighted by Gasteiger charge is 2.12. The zero-order valence-electron chi connectivity index (χ0n) is 10.1. The second-order valence-corrected chi connectivity index (χ2v) is 5.45. The van der Waals surface area contributed by atoms with Gasteiger partial charge in [-0.1, -0.05) is 6.07 Å². The predicted molar refractivity (Wildman–Crippen MR) is 74.0 cm³/mol. The van der Waals surface area contributed by atoms with Crippen LogP contribution in [0.5, 0.6) is 0 Å². The Labute approximate surface area is 112 Å². The van der Waals surface area contributed by atoms with Crippen LogP contribution in [0.25, 0.3) is 5.65 Å². The minimum absolute atomic E-state index is 0.308. The van der Waals surface area contributed by atoms with Crippen molar-refractivity contribution in [1.82, 2.24) is 14.4 Å². The molecule has 0 aromatic carbocycles. The Bertz CT molecular complexity index is 720. The predicted octanol–water partition coefficient (Wildman–Crippen LogP) is 1.62. The van der Waals surface area contributed by atoms with Gasteiger partial charge in [0, 0.05) is 18.6 Å². The standard InChI is InChI=1S/C13H12N4OS/c14-11-4-3-6-15-13(11)19(18)9-10-8-17-7-2-1-5-12(17)16-10/h1-8H,9,14H2. The topological polar surface area (TPSA) is 73.3 Å². The average molecular weight is 272 g/mol. The molecular formula is C13H12N4OS. The Morgan fingerprint density at radius 2 is 2.16 bits per heavy atom. The summed E-state index contributed by atoms with van der Waals surface area (Å²) in [6.45, 7) is 0. The van der Waals surface area contributed by atoms with Gasteiger partial charge < -0.3 is 10.1 Å². The molecule has 0 fully saturated rings. The Morgan fingerprint density at radius 1 is 1.26 bits per heavy atom. The Morgan fingerprint density at radius 3 is 2.95 bits per heavy atom. The lowest BCUT2D eigenvalue weighted by Crippen LogP contribution is -2.03. The third kappa shape index (κ3) is 2.34. The number of imidazole rings is 1. The van der Waals surface area contributed by atoms with Gasteiger partial charge in [0.15, 0.2) is 0 Å². The number of hydrogen-bond donors (Lipinski definition) is 1. The quantitative estimate of drug-likeness (QED) is 0.786. The molecule has 6 heteroatoms.